The Morgan fingerprint density at radius 3 is 1.81 bits per heavy atom. The Bertz CT molecular complexity index is 1500. The molecule has 1 heterocycles. The normalized spacial score (nSPS) is 16.2. The second-order valence-corrected chi connectivity index (χ2v) is 18.6. The van der Waals surface area contributed by atoms with E-state index in [1.807, 2.05) is 78.9 Å². The quantitative estimate of drug-likeness (QED) is 0.0670. The molecule has 0 saturated carbocycles. The highest BCUT2D eigenvalue weighted by Crippen LogP contribution is 2.46. The van der Waals surface area contributed by atoms with Crippen LogP contribution in [0.3, 0.4) is 0 Å². The van der Waals surface area contributed by atoms with Gasteiger partial charge in [0.15, 0.2) is 8.24 Å². The minimum atomic E-state index is -2.08. The standard InChI is InChI=1S/C38H48N4O5Si/c1-38(2,3)48(4,5)42-33(25-24-29-17-9-6-10-18-29)32(34(42)43)23-15-16-26-39-35(40-36(44)46-27-30-19-11-7-12-20-30)41-37(45)47-28-31-21-13-8-14-22-31/h6-14,17-22,24-25,32-33H,15-16,23,26-28H2,1-5H3,(H2,39,40,41,44,45)/t32-,33-/m0/s1. The highest BCUT2D eigenvalue weighted by molar-refractivity contribution is 6.80. The van der Waals surface area contributed by atoms with Crippen LogP contribution in [0.15, 0.2) is 102 Å². The number of hydrogen-bond acceptors (Lipinski definition) is 6. The van der Waals surface area contributed by atoms with Crippen molar-refractivity contribution >= 4 is 38.4 Å². The van der Waals surface area contributed by atoms with Crippen LogP contribution in [-0.2, 0) is 27.5 Å². The number of amides is 3. The van der Waals surface area contributed by atoms with E-state index in [2.05, 4.69) is 78.3 Å². The Labute approximate surface area is 285 Å². The average Bonchev–Trinajstić information content (AvgIpc) is 3.06. The second kappa shape index (κ2) is 16.9. The fraction of sp³-hybridized carbons (Fsp3) is 0.368. The molecule has 1 fully saturated rings. The van der Waals surface area contributed by atoms with Crippen LogP contribution in [0.4, 0.5) is 9.59 Å². The van der Waals surface area contributed by atoms with Crippen LogP contribution in [-0.4, -0.2) is 49.4 Å². The first-order chi connectivity index (χ1) is 23.0. The molecule has 2 atom stereocenters. The molecule has 48 heavy (non-hydrogen) atoms. The minimum absolute atomic E-state index is 0.0298. The highest BCUT2D eigenvalue weighted by Gasteiger charge is 2.55. The van der Waals surface area contributed by atoms with Crippen molar-refractivity contribution in [1.29, 1.82) is 0 Å². The zero-order chi connectivity index (χ0) is 34.6. The van der Waals surface area contributed by atoms with Gasteiger partial charge in [-0.2, -0.15) is 0 Å². The van der Waals surface area contributed by atoms with Gasteiger partial charge in [-0.3, -0.25) is 20.4 Å². The Hall–Kier alpha value is -4.70. The molecule has 3 aromatic rings. The summed E-state index contributed by atoms with van der Waals surface area (Å²) >= 11 is 0. The van der Waals surface area contributed by atoms with Crippen LogP contribution < -0.4 is 10.6 Å². The fourth-order valence-electron chi connectivity index (χ4n) is 5.36. The molecule has 2 N–H and O–H groups in total. The van der Waals surface area contributed by atoms with E-state index in [1.165, 1.54) is 0 Å². The molecule has 0 aromatic heterocycles. The van der Waals surface area contributed by atoms with E-state index in [9.17, 15) is 14.4 Å². The number of hydrogen-bond donors (Lipinski definition) is 2. The molecular formula is C38H48N4O5Si. The summed E-state index contributed by atoms with van der Waals surface area (Å²) in [6.07, 6.45) is 4.94. The summed E-state index contributed by atoms with van der Waals surface area (Å²) in [5, 5.41) is 5.10. The largest absolute Gasteiger partial charge is 0.444 e. The first-order valence-corrected chi connectivity index (χ1v) is 19.5. The summed E-state index contributed by atoms with van der Waals surface area (Å²) in [5.41, 5.74) is 2.77. The lowest BCUT2D eigenvalue weighted by atomic mass is 9.85. The van der Waals surface area contributed by atoms with Crippen molar-refractivity contribution in [2.45, 2.75) is 77.4 Å². The molecule has 254 valence electrons. The third kappa shape index (κ3) is 10.1. The van der Waals surface area contributed by atoms with Gasteiger partial charge >= 0.3 is 12.2 Å². The predicted octanol–water partition coefficient (Wildman–Crippen LogP) is 7.91. The smallest absolute Gasteiger partial charge is 0.414 e. The fourth-order valence-corrected chi connectivity index (χ4v) is 7.81. The van der Waals surface area contributed by atoms with E-state index in [0.29, 0.717) is 13.0 Å². The molecule has 9 nitrogen and oxygen atoms in total. The summed E-state index contributed by atoms with van der Waals surface area (Å²) in [6.45, 7) is 11.7. The molecule has 3 aromatic carbocycles. The van der Waals surface area contributed by atoms with E-state index in [-0.39, 0.29) is 42.1 Å². The Morgan fingerprint density at radius 2 is 1.31 bits per heavy atom. The third-order valence-corrected chi connectivity index (χ3v) is 14.4. The molecule has 0 unspecified atom stereocenters. The Kier molecular flexibility index (Phi) is 12.7. The van der Waals surface area contributed by atoms with Crippen molar-refractivity contribution in [3.8, 4) is 0 Å². The number of guanidine groups is 1. The maximum absolute atomic E-state index is 13.6. The molecule has 3 amide bonds. The third-order valence-electron chi connectivity index (χ3n) is 9.05. The first kappa shape index (κ1) is 36.1. The molecule has 0 bridgehead atoms. The van der Waals surface area contributed by atoms with Gasteiger partial charge in [-0.1, -0.05) is 143 Å². The van der Waals surface area contributed by atoms with Crippen molar-refractivity contribution in [1.82, 2.24) is 15.2 Å². The Balaban J connectivity index is 1.36. The van der Waals surface area contributed by atoms with Gasteiger partial charge in [0, 0.05) is 6.54 Å². The number of carbonyl (C=O) groups is 3. The maximum Gasteiger partial charge on any atom is 0.414 e. The lowest BCUT2D eigenvalue weighted by Gasteiger charge is -2.58. The zero-order valence-corrected chi connectivity index (χ0v) is 29.6. The minimum Gasteiger partial charge on any atom is -0.444 e. The van der Waals surface area contributed by atoms with Crippen LogP contribution in [0, 0.1) is 5.92 Å². The predicted molar refractivity (Wildman–Crippen MR) is 192 cm³/mol. The van der Waals surface area contributed by atoms with Gasteiger partial charge in [0.1, 0.15) is 13.2 Å². The summed E-state index contributed by atoms with van der Waals surface area (Å²) in [5.74, 6) is 0.0671. The van der Waals surface area contributed by atoms with Gasteiger partial charge in [-0.25, -0.2) is 9.59 Å². The van der Waals surface area contributed by atoms with E-state index in [1.54, 1.807) is 0 Å². The van der Waals surface area contributed by atoms with Gasteiger partial charge in [0.25, 0.3) is 0 Å². The summed E-state index contributed by atoms with van der Waals surface area (Å²) in [6, 6.07) is 28.8. The summed E-state index contributed by atoms with van der Waals surface area (Å²) < 4.78 is 12.8. The molecule has 1 aliphatic rings. The van der Waals surface area contributed by atoms with Gasteiger partial charge in [-0.05, 0) is 34.6 Å². The molecule has 0 radical (unpaired) electrons. The van der Waals surface area contributed by atoms with Crippen molar-refractivity contribution in [3.05, 3.63) is 114 Å². The van der Waals surface area contributed by atoms with Gasteiger partial charge in [0.2, 0.25) is 11.9 Å². The van der Waals surface area contributed by atoms with Crippen molar-refractivity contribution in [2.75, 3.05) is 6.54 Å². The van der Waals surface area contributed by atoms with Gasteiger partial charge in [-0.15, -0.1) is 0 Å². The van der Waals surface area contributed by atoms with Crippen LogP contribution in [0.2, 0.25) is 18.1 Å². The van der Waals surface area contributed by atoms with Gasteiger partial charge < -0.3 is 14.0 Å². The lowest BCUT2D eigenvalue weighted by molar-refractivity contribution is -0.145. The maximum atomic E-state index is 13.6. The lowest BCUT2D eigenvalue weighted by Crippen LogP contribution is -2.72. The number of rotatable bonds is 12. The number of benzene rings is 3. The zero-order valence-electron chi connectivity index (χ0n) is 28.6. The average molecular weight is 669 g/mol. The van der Waals surface area contributed by atoms with E-state index in [4.69, 9.17) is 9.47 Å². The molecule has 4 rings (SSSR count). The van der Waals surface area contributed by atoms with Crippen molar-refractivity contribution < 1.29 is 23.9 Å². The van der Waals surface area contributed by atoms with Crippen LogP contribution in [0.25, 0.3) is 6.08 Å². The number of unbranched alkanes of at least 4 members (excludes halogenated alkanes) is 1. The SMILES string of the molecule is CC(C)(C)[Si](C)(C)N1C(=O)[C@@H](CCCCN=C(NC(=O)OCc2ccccc2)NC(=O)OCc2ccccc2)[C@@H]1C=Cc1ccccc1. The molecule has 0 spiro atoms. The highest BCUT2D eigenvalue weighted by atomic mass is 28.3. The summed E-state index contributed by atoms with van der Waals surface area (Å²) in [4.78, 5) is 43.2. The number of carbonyl (C=O) groups excluding carboxylic acids is 3. The summed E-state index contributed by atoms with van der Waals surface area (Å²) in [7, 11) is -2.08. The van der Waals surface area contributed by atoms with Gasteiger partial charge in [0.05, 0.1) is 12.0 Å². The molecule has 1 saturated heterocycles. The van der Waals surface area contributed by atoms with Crippen LogP contribution in [0.1, 0.15) is 56.7 Å². The van der Waals surface area contributed by atoms with Crippen molar-refractivity contribution in [3.63, 3.8) is 0 Å². The molecule has 10 heteroatoms. The number of nitrogens with zero attached hydrogens (tertiary/aromatic N) is 2. The second-order valence-electron chi connectivity index (χ2n) is 13.5. The number of ether oxygens (including phenoxy) is 2. The van der Waals surface area contributed by atoms with E-state index < -0.39 is 20.4 Å². The topological polar surface area (TPSA) is 109 Å². The number of β-lactam (4-membered cyclic amide) rings is 1. The number of alkyl carbamates (subject to hydrolysis) is 2. The Morgan fingerprint density at radius 1 is 0.812 bits per heavy atom. The first-order valence-electron chi connectivity index (χ1n) is 16.5. The van der Waals surface area contributed by atoms with E-state index >= 15 is 0 Å². The van der Waals surface area contributed by atoms with Crippen molar-refractivity contribution in [2.24, 2.45) is 10.9 Å². The molecular weight excluding hydrogens is 621 g/mol. The van der Waals surface area contributed by atoms with Crippen LogP contribution >= 0.6 is 0 Å². The number of nitrogens with one attached hydrogen (secondary N) is 2. The molecule has 0 aliphatic carbocycles. The van der Waals surface area contributed by atoms with E-state index in [0.717, 1.165) is 29.5 Å². The van der Waals surface area contributed by atoms with Crippen LogP contribution in [0.5, 0.6) is 0 Å². The monoisotopic (exact) mass is 668 g/mol. The molecule has 1 aliphatic heterocycles. The number of aliphatic imine (C=N–C) groups is 1.